The summed E-state index contributed by atoms with van der Waals surface area (Å²) in [4.78, 5) is 1.02. The first-order valence-electron chi connectivity index (χ1n) is 5.05. The van der Waals surface area contributed by atoms with E-state index in [1.807, 2.05) is 44.2 Å². The van der Waals surface area contributed by atoms with Crippen molar-refractivity contribution in [3.63, 3.8) is 0 Å². The van der Waals surface area contributed by atoms with Crippen molar-refractivity contribution in [2.75, 3.05) is 0 Å². The van der Waals surface area contributed by atoms with Gasteiger partial charge in [0.25, 0.3) is 0 Å². The van der Waals surface area contributed by atoms with Gasteiger partial charge < -0.3 is 0 Å². The summed E-state index contributed by atoms with van der Waals surface area (Å²) in [5.41, 5.74) is 0. The maximum absolute atomic E-state index is 4.08. The number of unbranched alkanes of at least 4 members (excludes halogenated alkanes) is 1. The zero-order valence-corrected chi connectivity index (χ0v) is 10.1. The molecule has 0 amide bonds. The Kier molecular flexibility index (Phi) is 16.4. The Labute approximate surface area is 88.8 Å². The minimum atomic E-state index is 1.02. The number of benzene rings is 1. The largest absolute Gasteiger partial charge is 0.143 e. The number of hydrogen-bond donors (Lipinski definition) is 1. The predicted octanol–water partition coefficient (Wildman–Crippen LogP) is 4.81. The first-order valence-corrected chi connectivity index (χ1v) is 5.50. The summed E-state index contributed by atoms with van der Waals surface area (Å²) in [5, 5.41) is 0. The van der Waals surface area contributed by atoms with Gasteiger partial charge in [0, 0.05) is 4.90 Å². The van der Waals surface area contributed by atoms with Crippen molar-refractivity contribution in [3.05, 3.63) is 30.3 Å². The standard InChI is InChI=1S/C6H6S.C4H10.C2H6/c7-6-4-2-1-3-5-6;1-3-4-2;1-2/h1-5,7H;3-4H2,1-2H3;1-2H3. The third-order valence-electron chi connectivity index (χ3n) is 1.26. The predicted molar refractivity (Wildman–Crippen MR) is 65.6 cm³/mol. The van der Waals surface area contributed by atoms with E-state index in [-0.39, 0.29) is 0 Å². The molecule has 13 heavy (non-hydrogen) atoms. The second kappa shape index (κ2) is 14.1. The molecule has 1 rings (SSSR count). The van der Waals surface area contributed by atoms with Crippen molar-refractivity contribution >= 4 is 12.6 Å². The van der Waals surface area contributed by atoms with Crippen LogP contribution in [-0.2, 0) is 0 Å². The summed E-state index contributed by atoms with van der Waals surface area (Å²) in [6, 6.07) is 9.79. The van der Waals surface area contributed by atoms with E-state index in [9.17, 15) is 0 Å². The Balaban J connectivity index is 0. The quantitative estimate of drug-likeness (QED) is 0.615. The van der Waals surface area contributed by atoms with Crippen LogP contribution in [0.1, 0.15) is 40.5 Å². The first kappa shape index (κ1) is 15.1. The molecule has 0 heterocycles. The van der Waals surface area contributed by atoms with E-state index in [2.05, 4.69) is 26.5 Å². The fraction of sp³-hybridized carbons (Fsp3) is 0.500. The van der Waals surface area contributed by atoms with Gasteiger partial charge in [0.2, 0.25) is 0 Å². The Morgan fingerprint density at radius 2 is 1.31 bits per heavy atom. The third kappa shape index (κ3) is 14.4. The summed E-state index contributed by atoms with van der Waals surface area (Å²) >= 11 is 4.08. The van der Waals surface area contributed by atoms with Crippen LogP contribution in [-0.4, -0.2) is 0 Å². The van der Waals surface area contributed by atoms with Crippen molar-refractivity contribution in [2.24, 2.45) is 0 Å². The van der Waals surface area contributed by atoms with Gasteiger partial charge in [0.05, 0.1) is 0 Å². The molecule has 0 N–H and O–H groups in total. The smallest absolute Gasteiger partial charge is 0.00399 e. The van der Waals surface area contributed by atoms with Gasteiger partial charge in [-0.05, 0) is 12.1 Å². The van der Waals surface area contributed by atoms with Crippen LogP contribution < -0.4 is 0 Å². The van der Waals surface area contributed by atoms with Crippen LogP contribution in [0.25, 0.3) is 0 Å². The molecule has 0 saturated heterocycles. The highest BCUT2D eigenvalue weighted by molar-refractivity contribution is 7.80. The molecule has 0 atom stereocenters. The molecule has 0 aliphatic heterocycles. The molecule has 0 radical (unpaired) electrons. The maximum atomic E-state index is 4.08. The molecule has 0 unspecified atom stereocenters. The molecule has 0 aliphatic rings. The lowest BCUT2D eigenvalue weighted by molar-refractivity contribution is 0.886. The lowest BCUT2D eigenvalue weighted by Crippen LogP contribution is -1.56. The van der Waals surface area contributed by atoms with Gasteiger partial charge in [-0.15, -0.1) is 12.6 Å². The van der Waals surface area contributed by atoms with E-state index >= 15 is 0 Å². The van der Waals surface area contributed by atoms with E-state index in [4.69, 9.17) is 0 Å². The van der Waals surface area contributed by atoms with Crippen LogP contribution >= 0.6 is 12.6 Å². The maximum Gasteiger partial charge on any atom is 0.00399 e. The molecular weight excluding hydrogens is 176 g/mol. The van der Waals surface area contributed by atoms with Crippen molar-refractivity contribution in [3.8, 4) is 0 Å². The van der Waals surface area contributed by atoms with Crippen molar-refractivity contribution < 1.29 is 0 Å². The molecular formula is C12H22S. The van der Waals surface area contributed by atoms with Gasteiger partial charge >= 0.3 is 0 Å². The third-order valence-corrected chi connectivity index (χ3v) is 1.55. The topological polar surface area (TPSA) is 0 Å². The Bertz CT molecular complexity index is 156. The monoisotopic (exact) mass is 198 g/mol. The van der Waals surface area contributed by atoms with Crippen LogP contribution in [0.3, 0.4) is 0 Å². The molecule has 1 aromatic rings. The highest BCUT2D eigenvalue weighted by Gasteiger charge is 1.73. The summed E-state index contributed by atoms with van der Waals surface area (Å²) in [7, 11) is 0. The Hall–Kier alpha value is -0.430. The minimum absolute atomic E-state index is 1.02. The molecule has 0 fully saturated rings. The number of thiol groups is 1. The zero-order valence-electron chi connectivity index (χ0n) is 9.25. The van der Waals surface area contributed by atoms with Gasteiger partial charge in [-0.2, -0.15) is 0 Å². The van der Waals surface area contributed by atoms with Gasteiger partial charge in [0.1, 0.15) is 0 Å². The van der Waals surface area contributed by atoms with Crippen molar-refractivity contribution in [2.45, 2.75) is 45.4 Å². The summed E-state index contributed by atoms with van der Waals surface area (Å²) in [5.74, 6) is 0. The fourth-order valence-corrected chi connectivity index (χ4v) is 0.600. The molecule has 1 heteroatoms. The van der Waals surface area contributed by atoms with Crippen molar-refractivity contribution in [1.29, 1.82) is 0 Å². The van der Waals surface area contributed by atoms with Gasteiger partial charge in [0.15, 0.2) is 0 Å². The van der Waals surface area contributed by atoms with Crippen LogP contribution in [0, 0.1) is 0 Å². The molecule has 0 aromatic heterocycles. The highest BCUT2D eigenvalue weighted by atomic mass is 32.1. The van der Waals surface area contributed by atoms with Crippen molar-refractivity contribution in [1.82, 2.24) is 0 Å². The Morgan fingerprint density at radius 3 is 1.46 bits per heavy atom. The summed E-state index contributed by atoms with van der Waals surface area (Å²) in [6.07, 6.45) is 2.64. The zero-order chi connectivity index (χ0) is 10.5. The SMILES string of the molecule is CC.CCCC.Sc1ccccc1. The Morgan fingerprint density at radius 1 is 0.923 bits per heavy atom. The number of hydrogen-bond acceptors (Lipinski definition) is 1. The van der Waals surface area contributed by atoms with E-state index < -0.39 is 0 Å². The normalized spacial score (nSPS) is 7.46. The molecule has 76 valence electrons. The van der Waals surface area contributed by atoms with Gasteiger partial charge in [-0.1, -0.05) is 58.7 Å². The molecule has 0 aliphatic carbocycles. The highest BCUT2D eigenvalue weighted by Crippen LogP contribution is 2.00. The second-order valence-corrected chi connectivity index (χ2v) is 2.85. The molecule has 1 aromatic carbocycles. The average molecular weight is 198 g/mol. The molecule has 0 nitrogen and oxygen atoms in total. The van der Waals surface area contributed by atoms with Gasteiger partial charge in [-0.3, -0.25) is 0 Å². The number of rotatable bonds is 1. The van der Waals surface area contributed by atoms with Crippen LogP contribution in [0.5, 0.6) is 0 Å². The summed E-state index contributed by atoms with van der Waals surface area (Å²) in [6.45, 7) is 8.36. The van der Waals surface area contributed by atoms with Crippen LogP contribution in [0.15, 0.2) is 35.2 Å². The molecule has 0 saturated carbocycles. The van der Waals surface area contributed by atoms with Gasteiger partial charge in [-0.25, -0.2) is 0 Å². The first-order chi connectivity index (χ1) is 6.31. The molecule has 0 spiro atoms. The van der Waals surface area contributed by atoms with Crippen LogP contribution in [0.2, 0.25) is 0 Å². The lowest BCUT2D eigenvalue weighted by atomic mass is 10.4. The lowest BCUT2D eigenvalue weighted by Gasteiger charge is -1.81. The molecule has 0 bridgehead atoms. The van der Waals surface area contributed by atoms with E-state index in [1.54, 1.807) is 0 Å². The summed E-state index contributed by atoms with van der Waals surface area (Å²) < 4.78 is 0. The van der Waals surface area contributed by atoms with E-state index in [0.29, 0.717) is 0 Å². The second-order valence-electron chi connectivity index (χ2n) is 2.34. The van der Waals surface area contributed by atoms with E-state index in [1.165, 1.54) is 12.8 Å². The fourth-order valence-electron chi connectivity index (χ4n) is 0.428. The van der Waals surface area contributed by atoms with Crippen LogP contribution in [0.4, 0.5) is 0 Å². The minimum Gasteiger partial charge on any atom is -0.143 e. The average Bonchev–Trinajstić information content (AvgIpc) is 2.22. The van der Waals surface area contributed by atoms with E-state index in [0.717, 1.165) is 4.90 Å².